The summed E-state index contributed by atoms with van der Waals surface area (Å²) in [5.41, 5.74) is 7.58. The molecule has 0 bridgehead atoms. The zero-order valence-corrected chi connectivity index (χ0v) is 11.0. The van der Waals surface area contributed by atoms with E-state index in [1.165, 1.54) is 11.1 Å². The van der Waals surface area contributed by atoms with E-state index in [4.69, 9.17) is 15.2 Å². The molecule has 1 amide bonds. The lowest BCUT2D eigenvalue weighted by Gasteiger charge is -2.06. The Morgan fingerprint density at radius 3 is 3.16 bits per heavy atom. The van der Waals surface area contributed by atoms with Crippen molar-refractivity contribution in [2.75, 3.05) is 32.9 Å². The van der Waals surface area contributed by atoms with Crippen LogP contribution in [0.1, 0.15) is 11.1 Å². The molecule has 5 heteroatoms. The van der Waals surface area contributed by atoms with E-state index < -0.39 is 5.91 Å². The maximum atomic E-state index is 10.4. The molecule has 1 aliphatic rings. The predicted octanol–water partition coefficient (Wildman–Crippen LogP) is 0.256. The minimum absolute atomic E-state index is 0.00744. The Labute approximate surface area is 113 Å². The molecule has 104 valence electrons. The van der Waals surface area contributed by atoms with E-state index >= 15 is 0 Å². The summed E-state index contributed by atoms with van der Waals surface area (Å²) in [6, 6.07) is 6.37. The van der Waals surface area contributed by atoms with Crippen molar-refractivity contribution in [1.29, 1.82) is 0 Å². The fourth-order valence-corrected chi connectivity index (χ4v) is 2.07. The van der Waals surface area contributed by atoms with Gasteiger partial charge < -0.3 is 20.5 Å². The third-order valence-electron chi connectivity index (χ3n) is 3.01. The molecule has 3 N–H and O–H groups in total. The van der Waals surface area contributed by atoms with Gasteiger partial charge in [0, 0.05) is 13.0 Å². The van der Waals surface area contributed by atoms with E-state index in [0.29, 0.717) is 6.61 Å². The van der Waals surface area contributed by atoms with E-state index in [9.17, 15) is 4.79 Å². The number of fused-ring (bicyclic) bond motifs is 1. The van der Waals surface area contributed by atoms with Crippen molar-refractivity contribution in [2.45, 2.75) is 12.8 Å². The molecule has 5 nitrogen and oxygen atoms in total. The lowest BCUT2D eigenvalue weighted by molar-refractivity contribution is -0.122. The topological polar surface area (TPSA) is 73.6 Å². The van der Waals surface area contributed by atoms with Gasteiger partial charge in [-0.3, -0.25) is 4.79 Å². The van der Waals surface area contributed by atoms with Crippen molar-refractivity contribution < 1.29 is 14.3 Å². The molecule has 0 aliphatic carbocycles. The summed E-state index contributed by atoms with van der Waals surface area (Å²) in [4.78, 5) is 10.4. The summed E-state index contributed by atoms with van der Waals surface area (Å²) in [5, 5.41) is 3.27. The Morgan fingerprint density at radius 2 is 2.32 bits per heavy atom. The zero-order valence-electron chi connectivity index (χ0n) is 11.0. The number of primary amides is 1. The number of benzene rings is 1. The first-order chi connectivity index (χ1) is 9.25. The van der Waals surface area contributed by atoms with Crippen molar-refractivity contribution in [2.24, 2.45) is 5.73 Å². The number of hydrogen-bond donors (Lipinski definition) is 2. The SMILES string of the molecule is NC(=O)COCCNCCc1ccc2c(c1)CCO2. The van der Waals surface area contributed by atoms with Crippen LogP contribution >= 0.6 is 0 Å². The predicted molar refractivity (Wildman–Crippen MR) is 72.2 cm³/mol. The molecule has 0 atom stereocenters. The number of nitrogens with two attached hydrogens (primary N) is 1. The van der Waals surface area contributed by atoms with Gasteiger partial charge in [-0.25, -0.2) is 0 Å². The first-order valence-electron chi connectivity index (χ1n) is 6.57. The Kier molecular flexibility index (Phi) is 5.18. The number of nitrogens with one attached hydrogen (secondary N) is 1. The van der Waals surface area contributed by atoms with Gasteiger partial charge in [0.1, 0.15) is 12.4 Å². The van der Waals surface area contributed by atoms with Crippen LogP contribution in [0.3, 0.4) is 0 Å². The second-order valence-corrected chi connectivity index (χ2v) is 4.56. The van der Waals surface area contributed by atoms with Crippen molar-refractivity contribution in [1.82, 2.24) is 5.32 Å². The third kappa shape index (κ3) is 4.54. The largest absolute Gasteiger partial charge is 0.493 e. The highest BCUT2D eigenvalue weighted by Crippen LogP contribution is 2.25. The lowest BCUT2D eigenvalue weighted by Crippen LogP contribution is -2.25. The molecular formula is C14H20N2O3. The Morgan fingerprint density at radius 1 is 1.42 bits per heavy atom. The molecule has 0 saturated heterocycles. The normalized spacial score (nSPS) is 13.1. The van der Waals surface area contributed by atoms with Crippen molar-refractivity contribution in [3.8, 4) is 5.75 Å². The molecule has 1 aliphatic heterocycles. The van der Waals surface area contributed by atoms with Gasteiger partial charge in [0.2, 0.25) is 5.91 Å². The van der Waals surface area contributed by atoms with Gasteiger partial charge in [0.15, 0.2) is 0 Å². The van der Waals surface area contributed by atoms with Gasteiger partial charge >= 0.3 is 0 Å². The third-order valence-corrected chi connectivity index (χ3v) is 3.01. The smallest absolute Gasteiger partial charge is 0.243 e. The van der Waals surface area contributed by atoms with Crippen molar-refractivity contribution in [3.63, 3.8) is 0 Å². The van der Waals surface area contributed by atoms with E-state index in [-0.39, 0.29) is 6.61 Å². The van der Waals surface area contributed by atoms with Crippen LogP contribution < -0.4 is 15.8 Å². The quantitative estimate of drug-likeness (QED) is 0.660. The summed E-state index contributed by atoms with van der Waals surface area (Å²) < 4.78 is 10.5. The number of carbonyl (C=O) groups is 1. The first kappa shape index (κ1) is 13.8. The molecule has 0 unspecified atom stereocenters. The first-order valence-corrected chi connectivity index (χ1v) is 6.57. The minimum Gasteiger partial charge on any atom is -0.493 e. The molecule has 0 radical (unpaired) electrons. The average Bonchev–Trinajstić information content (AvgIpc) is 2.84. The fourth-order valence-electron chi connectivity index (χ4n) is 2.07. The van der Waals surface area contributed by atoms with Gasteiger partial charge in [-0.1, -0.05) is 12.1 Å². The maximum absolute atomic E-state index is 10.4. The molecule has 1 heterocycles. The molecule has 1 aromatic rings. The van der Waals surface area contributed by atoms with Crippen LogP contribution in [0.5, 0.6) is 5.75 Å². The van der Waals surface area contributed by atoms with E-state index in [1.807, 2.05) is 6.07 Å². The molecular weight excluding hydrogens is 244 g/mol. The molecule has 19 heavy (non-hydrogen) atoms. The van der Waals surface area contributed by atoms with E-state index in [1.54, 1.807) is 0 Å². The van der Waals surface area contributed by atoms with Crippen molar-refractivity contribution in [3.05, 3.63) is 29.3 Å². The summed E-state index contributed by atoms with van der Waals surface area (Å²) >= 11 is 0. The molecule has 0 aromatic heterocycles. The molecule has 2 rings (SSSR count). The summed E-state index contributed by atoms with van der Waals surface area (Å²) in [6.07, 6.45) is 1.99. The Balaban J connectivity index is 1.59. The standard InChI is InChI=1S/C14H20N2O3/c15-14(17)10-18-8-6-16-5-3-11-1-2-13-12(9-11)4-7-19-13/h1-2,9,16H,3-8,10H2,(H2,15,17). The van der Waals surface area contributed by atoms with Crippen LogP contribution in [-0.4, -0.2) is 38.8 Å². The fraction of sp³-hybridized carbons (Fsp3) is 0.500. The number of carbonyl (C=O) groups excluding carboxylic acids is 1. The molecule has 0 saturated carbocycles. The van der Waals surface area contributed by atoms with Crippen LogP contribution in [0, 0.1) is 0 Å². The monoisotopic (exact) mass is 264 g/mol. The molecule has 1 aromatic carbocycles. The lowest BCUT2D eigenvalue weighted by atomic mass is 10.1. The van der Waals surface area contributed by atoms with Gasteiger partial charge in [0.05, 0.1) is 13.2 Å². The number of hydrogen-bond acceptors (Lipinski definition) is 4. The van der Waals surface area contributed by atoms with Crippen LogP contribution in [0.15, 0.2) is 18.2 Å². The summed E-state index contributed by atoms with van der Waals surface area (Å²) in [5.74, 6) is 0.594. The summed E-state index contributed by atoms with van der Waals surface area (Å²) in [6.45, 7) is 2.91. The van der Waals surface area contributed by atoms with E-state index in [0.717, 1.165) is 38.3 Å². The Bertz CT molecular complexity index is 435. The van der Waals surface area contributed by atoms with Gasteiger partial charge in [-0.2, -0.15) is 0 Å². The second kappa shape index (κ2) is 7.11. The van der Waals surface area contributed by atoms with Crippen LogP contribution in [0.25, 0.3) is 0 Å². The Hall–Kier alpha value is -1.59. The van der Waals surface area contributed by atoms with Crippen LogP contribution in [0.2, 0.25) is 0 Å². The average molecular weight is 264 g/mol. The highest BCUT2D eigenvalue weighted by Gasteiger charge is 2.11. The number of ether oxygens (including phenoxy) is 2. The van der Waals surface area contributed by atoms with Gasteiger partial charge in [-0.15, -0.1) is 0 Å². The second-order valence-electron chi connectivity index (χ2n) is 4.56. The molecule has 0 spiro atoms. The summed E-state index contributed by atoms with van der Waals surface area (Å²) in [7, 11) is 0. The number of rotatable bonds is 8. The van der Waals surface area contributed by atoms with Gasteiger partial charge in [-0.05, 0) is 30.2 Å². The zero-order chi connectivity index (χ0) is 13.5. The van der Waals surface area contributed by atoms with E-state index in [2.05, 4.69) is 17.4 Å². The minimum atomic E-state index is -0.430. The number of amides is 1. The van der Waals surface area contributed by atoms with Crippen LogP contribution in [-0.2, 0) is 22.4 Å². The van der Waals surface area contributed by atoms with Gasteiger partial charge in [0.25, 0.3) is 0 Å². The molecule has 0 fully saturated rings. The van der Waals surface area contributed by atoms with Crippen molar-refractivity contribution >= 4 is 5.91 Å². The highest BCUT2D eigenvalue weighted by molar-refractivity contribution is 5.74. The van der Waals surface area contributed by atoms with Crippen LogP contribution in [0.4, 0.5) is 0 Å². The maximum Gasteiger partial charge on any atom is 0.243 e. The highest BCUT2D eigenvalue weighted by atomic mass is 16.5.